The summed E-state index contributed by atoms with van der Waals surface area (Å²) in [5.41, 5.74) is 6.91. The maximum Gasteiger partial charge on any atom is 0.301 e. The van der Waals surface area contributed by atoms with Gasteiger partial charge in [0.25, 0.3) is 0 Å². The maximum atomic E-state index is 12.5. The van der Waals surface area contributed by atoms with E-state index in [-0.39, 0.29) is 19.6 Å². The molecule has 0 atom stereocenters. The van der Waals surface area contributed by atoms with Crippen LogP contribution in [0.2, 0.25) is 0 Å². The van der Waals surface area contributed by atoms with Gasteiger partial charge in [0.05, 0.1) is 12.2 Å². The molecule has 5 nitrogen and oxygen atoms in total. The topological polar surface area (TPSA) is 75.4 Å². The van der Waals surface area contributed by atoms with Gasteiger partial charge in [0, 0.05) is 13.1 Å². The lowest BCUT2D eigenvalue weighted by Crippen LogP contribution is -2.42. The molecule has 2 aromatic carbocycles. The van der Waals surface area contributed by atoms with Gasteiger partial charge in [0.2, 0.25) is 0 Å². The van der Waals surface area contributed by atoms with Gasteiger partial charge in [-0.05, 0) is 17.7 Å². The van der Waals surface area contributed by atoms with Crippen molar-refractivity contribution < 1.29 is 8.42 Å². The molecule has 0 aromatic heterocycles. The summed E-state index contributed by atoms with van der Waals surface area (Å²) in [5, 5.41) is 0. The number of benzene rings is 2. The van der Waals surface area contributed by atoms with E-state index in [1.807, 2.05) is 48.5 Å². The summed E-state index contributed by atoms with van der Waals surface area (Å²) in [6.07, 6.45) is 0. The van der Waals surface area contributed by atoms with Crippen molar-refractivity contribution in [2.45, 2.75) is 6.54 Å². The van der Waals surface area contributed by atoms with Crippen molar-refractivity contribution in [2.75, 3.05) is 17.4 Å². The highest BCUT2D eigenvalue weighted by Crippen LogP contribution is 2.19. The number of nitrogens with two attached hydrogens (primary N) is 1. The summed E-state index contributed by atoms with van der Waals surface area (Å²) in [5.74, 6) is 0. The standard InChI is InChI=1S/C15H19N3O2S/c16-11-12-17-21(19,20)18(15-9-5-2-6-10-15)13-14-7-3-1-4-8-14/h1-10,17H,11-13,16H2. The molecule has 0 radical (unpaired) electrons. The molecule has 0 fully saturated rings. The van der Waals surface area contributed by atoms with Crippen molar-refractivity contribution in [1.82, 2.24) is 4.72 Å². The van der Waals surface area contributed by atoms with Crippen molar-refractivity contribution in [3.63, 3.8) is 0 Å². The molecule has 0 amide bonds. The number of nitrogens with zero attached hydrogens (tertiary/aromatic N) is 1. The molecular formula is C15H19N3O2S. The fourth-order valence-electron chi connectivity index (χ4n) is 1.92. The maximum absolute atomic E-state index is 12.5. The minimum Gasteiger partial charge on any atom is -0.329 e. The summed E-state index contributed by atoms with van der Waals surface area (Å²) >= 11 is 0. The summed E-state index contributed by atoms with van der Waals surface area (Å²) < 4.78 is 28.8. The quantitative estimate of drug-likeness (QED) is 0.813. The van der Waals surface area contributed by atoms with Crippen LogP contribution in [-0.2, 0) is 16.8 Å². The molecule has 3 N–H and O–H groups in total. The highest BCUT2D eigenvalue weighted by atomic mass is 32.2. The Morgan fingerprint density at radius 2 is 1.52 bits per heavy atom. The van der Waals surface area contributed by atoms with Crippen LogP contribution in [0.4, 0.5) is 5.69 Å². The lowest BCUT2D eigenvalue weighted by molar-refractivity contribution is 0.576. The van der Waals surface area contributed by atoms with Gasteiger partial charge in [-0.1, -0.05) is 48.5 Å². The summed E-state index contributed by atoms with van der Waals surface area (Å²) in [7, 11) is -3.63. The van der Waals surface area contributed by atoms with E-state index >= 15 is 0 Å². The second-order valence-corrected chi connectivity index (χ2v) is 6.20. The minimum absolute atomic E-state index is 0.209. The first-order valence-electron chi connectivity index (χ1n) is 6.70. The first kappa shape index (κ1) is 15.5. The van der Waals surface area contributed by atoms with Crippen LogP contribution in [-0.4, -0.2) is 21.5 Å². The summed E-state index contributed by atoms with van der Waals surface area (Å²) in [6, 6.07) is 18.5. The molecule has 0 aliphatic carbocycles. The van der Waals surface area contributed by atoms with E-state index in [1.165, 1.54) is 4.31 Å². The van der Waals surface area contributed by atoms with E-state index in [1.54, 1.807) is 12.1 Å². The molecule has 0 saturated carbocycles. The number of rotatable bonds is 7. The van der Waals surface area contributed by atoms with Gasteiger partial charge in [-0.25, -0.2) is 0 Å². The highest BCUT2D eigenvalue weighted by Gasteiger charge is 2.21. The van der Waals surface area contributed by atoms with Crippen LogP contribution >= 0.6 is 0 Å². The molecule has 6 heteroatoms. The van der Waals surface area contributed by atoms with Crippen molar-refractivity contribution in [3.8, 4) is 0 Å². The Bertz CT molecular complexity index is 645. The average molecular weight is 305 g/mol. The molecule has 0 heterocycles. The zero-order chi connectivity index (χ0) is 15.1. The van der Waals surface area contributed by atoms with Crippen LogP contribution < -0.4 is 14.8 Å². The van der Waals surface area contributed by atoms with Crippen molar-refractivity contribution >= 4 is 15.9 Å². The van der Waals surface area contributed by atoms with Crippen molar-refractivity contribution in [1.29, 1.82) is 0 Å². The molecule has 0 aliphatic rings. The SMILES string of the molecule is NCCNS(=O)(=O)N(Cc1ccccc1)c1ccccc1. The van der Waals surface area contributed by atoms with Crippen LogP contribution in [0.3, 0.4) is 0 Å². The Morgan fingerprint density at radius 3 is 2.10 bits per heavy atom. The van der Waals surface area contributed by atoms with Crippen LogP contribution in [0.15, 0.2) is 60.7 Å². The smallest absolute Gasteiger partial charge is 0.301 e. The van der Waals surface area contributed by atoms with Crippen molar-refractivity contribution in [2.24, 2.45) is 5.73 Å². The van der Waals surface area contributed by atoms with Crippen LogP contribution in [0.5, 0.6) is 0 Å². The fourth-order valence-corrected chi connectivity index (χ4v) is 3.17. The normalized spacial score (nSPS) is 11.3. The zero-order valence-corrected chi connectivity index (χ0v) is 12.5. The van der Waals surface area contributed by atoms with Gasteiger partial charge >= 0.3 is 10.2 Å². The van der Waals surface area contributed by atoms with E-state index in [0.29, 0.717) is 5.69 Å². The predicted molar refractivity (Wildman–Crippen MR) is 85.0 cm³/mol. The Morgan fingerprint density at radius 1 is 0.952 bits per heavy atom. The molecule has 0 aliphatic heterocycles. The number of hydrogen-bond donors (Lipinski definition) is 2. The molecule has 0 saturated heterocycles. The van der Waals surface area contributed by atoms with Gasteiger partial charge in [0.1, 0.15) is 0 Å². The number of para-hydroxylation sites is 1. The van der Waals surface area contributed by atoms with Gasteiger partial charge in [0.15, 0.2) is 0 Å². The Hall–Kier alpha value is -1.89. The van der Waals surface area contributed by atoms with Crippen molar-refractivity contribution in [3.05, 3.63) is 66.2 Å². The monoisotopic (exact) mass is 305 g/mol. The third kappa shape index (κ3) is 4.29. The second kappa shape index (κ2) is 7.21. The zero-order valence-electron chi connectivity index (χ0n) is 11.6. The van der Waals surface area contributed by atoms with E-state index < -0.39 is 10.2 Å². The van der Waals surface area contributed by atoms with E-state index in [2.05, 4.69) is 4.72 Å². The lowest BCUT2D eigenvalue weighted by atomic mass is 10.2. The Kier molecular flexibility index (Phi) is 5.32. The van der Waals surface area contributed by atoms with Crippen LogP contribution in [0, 0.1) is 0 Å². The Balaban J connectivity index is 2.31. The molecule has 0 bridgehead atoms. The van der Waals surface area contributed by atoms with E-state index in [0.717, 1.165) is 5.56 Å². The number of hydrogen-bond acceptors (Lipinski definition) is 3. The molecule has 0 spiro atoms. The van der Waals surface area contributed by atoms with E-state index in [4.69, 9.17) is 5.73 Å². The van der Waals surface area contributed by atoms with Crippen LogP contribution in [0.1, 0.15) is 5.56 Å². The Labute approximate surface area is 125 Å². The number of anilines is 1. The van der Waals surface area contributed by atoms with Gasteiger partial charge < -0.3 is 5.73 Å². The van der Waals surface area contributed by atoms with Crippen LogP contribution in [0.25, 0.3) is 0 Å². The molecule has 2 aromatic rings. The minimum atomic E-state index is -3.63. The molecule has 2 rings (SSSR count). The average Bonchev–Trinajstić information content (AvgIpc) is 2.52. The van der Waals surface area contributed by atoms with Gasteiger partial charge in [-0.3, -0.25) is 4.31 Å². The summed E-state index contributed by atoms with van der Waals surface area (Å²) in [4.78, 5) is 0. The molecule has 0 unspecified atom stereocenters. The summed E-state index contributed by atoms with van der Waals surface area (Å²) in [6.45, 7) is 0.735. The highest BCUT2D eigenvalue weighted by molar-refractivity contribution is 7.90. The molecular weight excluding hydrogens is 286 g/mol. The first-order chi connectivity index (χ1) is 10.1. The first-order valence-corrected chi connectivity index (χ1v) is 8.14. The second-order valence-electron chi connectivity index (χ2n) is 4.52. The number of nitrogens with one attached hydrogen (secondary N) is 1. The van der Waals surface area contributed by atoms with Gasteiger partial charge in [-0.2, -0.15) is 13.1 Å². The lowest BCUT2D eigenvalue weighted by Gasteiger charge is -2.24. The molecule has 21 heavy (non-hydrogen) atoms. The van der Waals surface area contributed by atoms with E-state index in [9.17, 15) is 8.42 Å². The largest absolute Gasteiger partial charge is 0.329 e. The third-order valence-electron chi connectivity index (χ3n) is 2.93. The third-order valence-corrected chi connectivity index (χ3v) is 4.42. The molecule has 112 valence electrons. The predicted octanol–water partition coefficient (Wildman–Crippen LogP) is 1.49. The fraction of sp³-hybridized carbons (Fsp3) is 0.200. The van der Waals surface area contributed by atoms with Gasteiger partial charge in [-0.15, -0.1) is 0 Å².